The van der Waals surface area contributed by atoms with Crippen LogP contribution in [0.15, 0.2) is 46.5 Å². The van der Waals surface area contributed by atoms with Crippen molar-refractivity contribution < 1.29 is 4.79 Å². The number of hydrogen-bond donors (Lipinski definition) is 2. The number of carbonyl (C=O) groups excluding carboxylic acids is 1. The summed E-state index contributed by atoms with van der Waals surface area (Å²) in [4.78, 5) is 14.5. The predicted molar refractivity (Wildman–Crippen MR) is 117 cm³/mol. The first-order chi connectivity index (χ1) is 13.0. The van der Waals surface area contributed by atoms with E-state index in [1.165, 1.54) is 21.2 Å². The largest absolute Gasteiger partial charge is 0.337 e. The lowest BCUT2D eigenvalue weighted by Crippen LogP contribution is -2.47. The van der Waals surface area contributed by atoms with Gasteiger partial charge in [0.1, 0.15) is 0 Å². The molecule has 2 heterocycles. The van der Waals surface area contributed by atoms with Crippen LogP contribution in [0.25, 0.3) is 10.1 Å². The molecule has 0 fully saturated rings. The van der Waals surface area contributed by atoms with Gasteiger partial charge in [0, 0.05) is 23.3 Å². The van der Waals surface area contributed by atoms with Gasteiger partial charge in [-0.2, -0.15) is 11.3 Å². The van der Waals surface area contributed by atoms with Crippen LogP contribution in [-0.2, 0) is 12.8 Å². The molecule has 2 aromatic heterocycles. The number of likely N-dealkylation sites (N-methyl/N-ethyl adjacent to an activating group) is 1. The molecule has 2 N–H and O–H groups in total. The first-order valence-electron chi connectivity index (χ1n) is 9.20. The summed E-state index contributed by atoms with van der Waals surface area (Å²) in [7, 11) is 4.13. The van der Waals surface area contributed by atoms with Crippen LogP contribution in [0.3, 0.4) is 0 Å². The first kappa shape index (κ1) is 19.9. The second-order valence-electron chi connectivity index (χ2n) is 7.17. The van der Waals surface area contributed by atoms with Gasteiger partial charge in [-0.1, -0.05) is 18.2 Å². The SMILES string of the molecule is C[C@@H](Cc1ccsc1)NC(=O)NCC(Cc1csc2ccccc12)N(C)C. The molecule has 6 heteroatoms. The Morgan fingerprint density at radius 2 is 1.96 bits per heavy atom. The molecule has 4 nitrogen and oxygen atoms in total. The Kier molecular flexibility index (Phi) is 6.88. The van der Waals surface area contributed by atoms with E-state index >= 15 is 0 Å². The van der Waals surface area contributed by atoms with E-state index in [9.17, 15) is 4.79 Å². The number of urea groups is 1. The Morgan fingerprint density at radius 1 is 1.15 bits per heavy atom. The van der Waals surface area contributed by atoms with E-state index in [4.69, 9.17) is 0 Å². The number of benzene rings is 1. The molecule has 0 spiro atoms. The van der Waals surface area contributed by atoms with E-state index in [0.717, 1.165) is 12.8 Å². The van der Waals surface area contributed by atoms with E-state index < -0.39 is 0 Å². The third-order valence-corrected chi connectivity index (χ3v) is 6.49. The van der Waals surface area contributed by atoms with Crippen LogP contribution in [-0.4, -0.2) is 43.7 Å². The highest BCUT2D eigenvalue weighted by molar-refractivity contribution is 7.17. The van der Waals surface area contributed by atoms with Crippen molar-refractivity contribution >= 4 is 38.8 Å². The standard InChI is InChI=1S/C21H27N3OS2/c1-15(10-16-8-9-26-13-16)23-21(25)22-12-18(24(2)3)11-17-14-27-20-7-5-4-6-19(17)20/h4-9,13-15,18H,10-12H2,1-3H3,(H2,22,23,25)/t15-,18?/m0/s1. The predicted octanol–water partition coefficient (Wildman–Crippen LogP) is 4.37. The zero-order valence-electron chi connectivity index (χ0n) is 16.1. The van der Waals surface area contributed by atoms with Crippen molar-refractivity contribution in [1.82, 2.24) is 15.5 Å². The summed E-state index contributed by atoms with van der Waals surface area (Å²) < 4.78 is 1.32. The van der Waals surface area contributed by atoms with Gasteiger partial charge in [-0.25, -0.2) is 4.79 Å². The van der Waals surface area contributed by atoms with Crippen LogP contribution in [0.5, 0.6) is 0 Å². The fourth-order valence-electron chi connectivity index (χ4n) is 3.18. The number of thiophene rings is 2. The minimum atomic E-state index is -0.0974. The molecule has 1 aromatic carbocycles. The molecule has 0 saturated heterocycles. The third-order valence-electron chi connectivity index (χ3n) is 4.74. The quantitative estimate of drug-likeness (QED) is 0.589. The fraction of sp³-hybridized carbons (Fsp3) is 0.381. The molecule has 0 aliphatic carbocycles. The molecule has 0 saturated carbocycles. The molecule has 3 rings (SSSR count). The number of fused-ring (bicyclic) bond motifs is 1. The third kappa shape index (κ3) is 5.54. The Bertz CT molecular complexity index is 857. The summed E-state index contributed by atoms with van der Waals surface area (Å²) in [6, 6.07) is 10.9. The number of nitrogens with one attached hydrogen (secondary N) is 2. The lowest BCUT2D eigenvalue weighted by Gasteiger charge is -2.25. The van der Waals surface area contributed by atoms with Crippen LogP contribution in [0.2, 0.25) is 0 Å². The molecule has 2 atom stereocenters. The van der Waals surface area contributed by atoms with Gasteiger partial charge < -0.3 is 15.5 Å². The lowest BCUT2D eigenvalue weighted by molar-refractivity contribution is 0.229. The minimum absolute atomic E-state index is 0.0974. The number of hydrogen-bond acceptors (Lipinski definition) is 4. The Hall–Kier alpha value is -1.89. The number of nitrogens with zero attached hydrogens (tertiary/aromatic N) is 1. The average molecular weight is 402 g/mol. The Balaban J connectivity index is 1.52. The van der Waals surface area contributed by atoms with Crippen molar-refractivity contribution in [3.05, 3.63) is 57.6 Å². The van der Waals surface area contributed by atoms with Gasteiger partial charge in [0.15, 0.2) is 0 Å². The maximum Gasteiger partial charge on any atom is 0.315 e. The van der Waals surface area contributed by atoms with Crippen molar-refractivity contribution in [3.8, 4) is 0 Å². The Morgan fingerprint density at radius 3 is 2.70 bits per heavy atom. The zero-order valence-corrected chi connectivity index (χ0v) is 17.7. The van der Waals surface area contributed by atoms with E-state index in [0.29, 0.717) is 6.54 Å². The smallest absolute Gasteiger partial charge is 0.315 e. The molecule has 144 valence electrons. The summed E-state index contributed by atoms with van der Waals surface area (Å²) >= 11 is 3.47. The molecule has 0 radical (unpaired) electrons. The maximum absolute atomic E-state index is 12.3. The molecular formula is C21H27N3OS2. The molecule has 3 aromatic rings. The molecule has 27 heavy (non-hydrogen) atoms. The lowest BCUT2D eigenvalue weighted by atomic mass is 10.0. The van der Waals surface area contributed by atoms with Gasteiger partial charge in [-0.3, -0.25) is 0 Å². The van der Waals surface area contributed by atoms with Crippen molar-refractivity contribution in [2.45, 2.75) is 31.8 Å². The molecule has 0 bridgehead atoms. The van der Waals surface area contributed by atoms with Gasteiger partial charge in [-0.15, -0.1) is 11.3 Å². The van der Waals surface area contributed by atoms with Crippen LogP contribution < -0.4 is 10.6 Å². The van der Waals surface area contributed by atoms with Gasteiger partial charge in [0.05, 0.1) is 0 Å². The molecule has 0 aliphatic heterocycles. The van der Waals surface area contributed by atoms with Gasteiger partial charge >= 0.3 is 6.03 Å². The minimum Gasteiger partial charge on any atom is -0.337 e. The number of amides is 2. The normalized spacial score (nSPS) is 13.6. The zero-order chi connectivity index (χ0) is 19.2. The average Bonchev–Trinajstić information content (AvgIpc) is 3.28. The molecule has 0 aliphatic rings. The summed E-state index contributed by atoms with van der Waals surface area (Å²) in [5.74, 6) is 0. The maximum atomic E-state index is 12.3. The van der Waals surface area contributed by atoms with E-state index in [1.54, 1.807) is 22.7 Å². The highest BCUT2D eigenvalue weighted by atomic mass is 32.1. The van der Waals surface area contributed by atoms with Crippen molar-refractivity contribution in [1.29, 1.82) is 0 Å². The Labute approximate surface area is 169 Å². The second kappa shape index (κ2) is 9.35. The highest BCUT2D eigenvalue weighted by Gasteiger charge is 2.16. The van der Waals surface area contributed by atoms with Crippen molar-refractivity contribution in [3.63, 3.8) is 0 Å². The summed E-state index contributed by atoms with van der Waals surface area (Å²) in [6.45, 7) is 2.66. The van der Waals surface area contributed by atoms with E-state index in [-0.39, 0.29) is 18.1 Å². The van der Waals surface area contributed by atoms with Gasteiger partial charge in [-0.05, 0) is 78.6 Å². The summed E-state index contributed by atoms with van der Waals surface area (Å²) in [5.41, 5.74) is 2.62. The monoisotopic (exact) mass is 401 g/mol. The van der Waals surface area contributed by atoms with Gasteiger partial charge in [0.2, 0.25) is 0 Å². The van der Waals surface area contributed by atoms with E-state index in [2.05, 4.69) is 76.1 Å². The molecule has 1 unspecified atom stereocenters. The fourth-order valence-corrected chi connectivity index (χ4v) is 4.84. The second-order valence-corrected chi connectivity index (χ2v) is 8.86. The van der Waals surface area contributed by atoms with Gasteiger partial charge in [0.25, 0.3) is 0 Å². The summed E-state index contributed by atoms with van der Waals surface area (Å²) in [5, 5.41) is 13.8. The topological polar surface area (TPSA) is 44.4 Å². The van der Waals surface area contributed by atoms with Crippen LogP contribution in [0.1, 0.15) is 18.1 Å². The summed E-state index contributed by atoms with van der Waals surface area (Å²) in [6.07, 6.45) is 1.77. The number of carbonyl (C=O) groups is 1. The number of rotatable bonds is 8. The van der Waals surface area contributed by atoms with Crippen LogP contribution in [0.4, 0.5) is 4.79 Å². The van der Waals surface area contributed by atoms with Crippen molar-refractivity contribution in [2.24, 2.45) is 0 Å². The molecule has 2 amide bonds. The first-order valence-corrected chi connectivity index (χ1v) is 11.0. The van der Waals surface area contributed by atoms with Crippen LogP contribution >= 0.6 is 22.7 Å². The molecular weight excluding hydrogens is 374 g/mol. The van der Waals surface area contributed by atoms with E-state index in [1.807, 2.05) is 6.92 Å². The highest BCUT2D eigenvalue weighted by Crippen LogP contribution is 2.27. The van der Waals surface area contributed by atoms with Crippen LogP contribution in [0, 0.1) is 0 Å². The van der Waals surface area contributed by atoms with Crippen molar-refractivity contribution in [2.75, 3.05) is 20.6 Å².